The van der Waals surface area contributed by atoms with Crippen LogP contribution in [0.15, 0.2) is 90.2 Å². The van der Waals surface area contributed by atoms with E-state index in [1.807, 2.05) is 18.2 Å². The number of benzene rings is 3. The van der Waals surface area contributed by atoms with E-state index in [-0.39, 0.29) is 19.7 Å². The van der Waals surface area contributed by atoms with Crippen LogP contribution in [-0.4, -0.2) is 47.5 Å². The van der Waals surface area contributed by atoms with E-state index in [0.717, 1.165) is 89.3 Å². The van der Waals surface area contributed by atoms with Gasteiger partial charge in [0.1, 0.15) is 17.7 Å². The first-order valence-corrected chi connectivity index (χ1v) is 16.0. The van der Waals surface area contributed by atoms with E-state index in [1.54, 1.807) is 0 Å². The number of fused-ring (bicyclic) bond motifs is 3. The largest absolute Gasteiger partial charge is 0.469 e. The molecule has 4 aliphatic rings. The van der Waals surface area contributed by atoms with E-state index < -0.39 is 0 Å². The van der Waals surface area contributed by atoms with Crippen LogP contribution in [0.1, 0.15) is 37.4 Å². The maximum atomic E-state index is 5.87. The zero-order valence-corrected chi connectivity index (χ0v) is 25.9. The Morgan fingerprint density at radius 1 is 0.761 bits per heavy atom. The summed E-state index contributed by atoms with van der Waals surface area (Å²) in [6.07, 6.45) is 7.17. The molecule has 0 bridgehead atoms. The van der Waals surface area contributed by atoms with Gasteiger partial charge in [0.05, 0.1) is 11.4 Å². The Morgan fingerprint density at radius 3 is 2.37 bits per heavy atom. The molecule has 1 aliphatic carbocycles. The molecule has 3 aromatic carbocycles. The molecule has 1 aromatic heterocycles. The molecule has 0 amide bonds. The van der Waals surface area contributed by atoms with Gasteiger partial charge in [-0.15, -0.1) is 0 Å². The third-order valence-electron chi connectivity index (χ3n) is 8.87. The van der Waals surface area contributed by atoms with Gasteiger partial charge in [0.15, 0.2) is 29.8 Å². The Balaban J connectivity index is 1.21. The molecule has 3 aliphatic heterocycles. The molecule has 8 rings (SSSR count). The number of nitrogens with zero attached hydrogens (tertiary/aromatic N) is 3. The summed E-state index contributed by atoms with van der Waals surface area (Å²) in [7, 11) is 0. The van der Waals surface area contributed by atoms with Gasteiger partial charge in [-0.2, -0.15) is 0 Å². The number of rotatable bonds is 11. The lowest BCUT2D eigenvalue weighted by atomic mass is 10.00. The zero-order chi connectivity index (χ0) is 30.9. The first-order chi connectivity index (χ1) is 22.7. The van der Waals surface area contributed by atoms with Crippen LogP contribution >= 0.6 is 0 Å². The summed E-state index contributed by atoms with van der Waals surface area (Å²) in [6, 6.07) is 22.8. The Hall–Kier alpha value is -4.73. The molecule has 236 valence electrons. The molecule has 9 heteroatoms. The highest BCUT2D eigenvalue weighted by atomic mass is 16.7. The maximum absolute atomic E-state index is 5.87. The lowest BCUT2D eigenvalue weighted by Crippen LogP contribution is -2.29. The average molecular weight is 620 g/mol. The molecule has 0 radical (unpaired) electrons. The third kappa shape index (κ3) is 5.72. The van der Waals surface area contributed by atoms with Crippen molar-refractivity contribution in [1.82, 2.24) is 14.5 Å². The van der Waals surface area contributed by atoms with Gasteiger partial charge < -0.3 is 33.0 Å². The smallest absolute Gasteiger partial charge is 0.231 e. The van der Waals surface area contributed by atoms with Crippen LogP contribution in [-0.2, 0) is 29.1 Å². The Kier molecular flexibility index (Phi) is 7.85. The normalized spacial score (nSPS) is 17.6. The SMILES string of the molecule is CCCCn1c(-c2ccccc2)nc(-c2ccc3c(c2)OCO3)c1CN(CC1=CC=C2OCOC2C1)Cc1ccc2c(c1)OCO2. The highest BCUT2D eigenvalue weighted by Crippen LogP contribution is 2.39. The van der Waals surface area contributed by atoms with Gasteiger partial charge in [-0.25, -0.2) is 4.98 Å². The van der Waals surface area contributed by atoms with Gasteiger partial charge in [0.25, 0.3) is 0 Å². The van der Waals surface area contributed by atoms with Crippen molar-refractivity contribution in [2.75, 3.05) is 26.9 Å². The van der Waals surface area contributed by atoms with E-state index in [1.165, 1.54) is 11.3 Å². The Bertz CT molecular complexity index is 1800. The predicted molar refractivity (Wildman–Crippen MR) is 172 cm³/mol. The number of unbranched alkanes of at least 4 members (excludes halogenated alkanes) is 1. The second-order valence-corrected chi connectivity index (χ2v) is 12.0. The second-order valence-electron chi connectivity index (χ2n) is 12.0. The van der Waals surface area contributed by atoms with E-state index in [0.29, 0.717) is 19.9 Å². The number of allylic oxidation sites excluding steroid dienone is 2. The number of aromatic nitrogens is 2. The van der Waals surface area contributed by atoms with Gasteiger partial charge in [-0.1, -0.05) is 61.4 Å². The minimum atomic E-state index is -0.0173. The minimum absolute atomic E-state index is 0.0173. The third-order valence-corrected chi connectivity index (χ3v) is 8.87. The molecule has 9 nitrogen and oxygen atoms in total. The van der Waals surface area contributed by atoms with Crippen molar-refractivity contribution in [2.45, 2.75) is 51.9 Å². The van der Waals surface area contributed by atoms with Crippen LogP contribution in [0.25, 0.3) is 22.6 Å². The molecule has 4 aromatic rings. The summed E-state index contributed by atoms with van der Waals surface area (Å²) in [5.41, 5.74) is 6.68. The summed E-state index contributed by atoms with van der Waals surface area (Å²) >= 11 is 0. The lowest BCUT2D eigenvalue weighted by molar-refractivity contribution is 0.0495. The van der Waals surface area contributed by atoms with E-state index in [9.17, 15) is 0 Å². The van der Waals surface area contributed by atoms with Crippen LogP contribution < -0.4 is 18.9 Å². The van der Waals surface area contributed by atoms with Crippen LogP contribution in [0.5, 0.6) is 23.0 Å². The first-order valence-electron chi connectivity index (χ1n) is 16.0. The molecule has 46 heavy (non-hydrogen) atoms. The highest BCUT2D eigenvalue weighted by molar-refractivity contribution is 5.71. The van der Waals surface area contributed by atoms with Crippen molar-refractivity contribution in [1.29, 1.82) is 0 Å². The number of hydrogen-bond donors (Lipinski definition) is 0. The van der Waals surface area contributed by atoms with Gasteiger partial charge in [-0.3, -0.25) is 4.90 Å². The highest BCUT2D eigenvalue weighted by Gasteiger charge is 2.29. The summed E-state index contributed by atoms with van der Waals surface area (Å²) < 4.78 is 36.7. The average Bonchev–Trinajstić information content (AvgIpc) is 3.90. The second kappa shape index (κ2) is 12.6. The van der Waals surface area contributed by atoms with Gasteiger partial charge >= 0.3 is 0 Å². The van der Waals surface area contributed by atoms with Crippen molar-refractivity contribution >= 4 is 0 Å². The minimum Gasteiger partial charge on any atom is -0.469 e. The molecule has 0 saturated carbocycles. The summed E-state index contributed by atoms with van der Waals surface area (Å²) in [6.45, 7) is 6.06. The molecule has 1 saturated heterocycles. The summed E-state index contributed by atoms with van der Waals surface area (Å²) in [5.74, 6) is 4.98. The summed E-state index contributed by atoms with van der Waals surface area (Å²) in [4.78, 5) is 7.86. The molecule has 4 heterocycles. The molecule has 1 atom stereocenters. The number of hydrogen-bond acceptors (Lipinski definition) is 8. The maximum Gasteiger partial charge on any atom is 0.231 e. The first kappa shape index (κ1) is 28.7. The quantitative estimate of drug-likeness (QED) is 0.177. The number of ether oxygens (including phenoxy) is 6. The standard InChI is InChI=1S/C37H37N3O6/c1-2-3-15-40-29(36(38-37(40)27-7-5-4-6-8-27)28-11-14-32-35(18-28)46-24-43-32)21-39(19-25-9-12-30-33(16-25)44-22-41-30)20-26-10-13-31-34(17-26)45-23-42-31/h4-14,16,18,34H,2-3,15,17,19-24H2,1H3. The zero-order valence-electron chi connectivity index (χ0n) is 25.9. The predicted octanol–water partition coefficient (Wildman–Crippen LogP) is 7.06. The van der Waals surface area contributed by atoms with Gasteiger partial charge in [0, 0.05) is 43.7 Å². The summed E-state index contributed by atoms with van der Waals surface area (Å²) in [5, 5.41) is 0. The van der Waals surface area contributed by atoms with E-state index in [2.05, 4.69) is 77.1 Å². The fourth-order valence-corrected chi connectivity index (χ4v) is 6.55. The Morgan fingerprint density at radius 2 is 1.54 bits per heavy atom. The van der Waals surface area contributed by atoms with Crippen molar-refractivity contribution in [2.24, 2.45) is 0 Å². The molecular weight excluding hydrogens is 582 g/mol. The van der Waals surface area contributed by atoms with Crippen molar-refractivity contribution in [3.8, 4) is 45.6 Å². The van der Waals surface area contributed by atoms with E-state index in [4.69, 9.17) is 33.4 Å². The molecule has 1 unspecified atom stereocenters. The van der Waals surface area contributed by atoms with Crippen LogP contribution in [0.4, 0.5) is 0 Å². The fraction of sp³-hybridized carbons (Fsp3) is 0.324. The lowest BCUT2D eigenvalue weighted by Gasteiger charge is -2.27. The van der Waals surface area contributed by atoms with Crippen LogP contribution in [0, 0.1) is 0 Å². The topological polar surface area (TPSA) is 76.4 Å². The molecular formula is C37H37N3O6. The van der Waals surface area contributed by atoms with Crippen LogP contribution in [0.2, 0.25) is 0 Å². The molecule has 0 spiro atoms. The molecule has 1 fully saturated rings. The van der Waals surface area contributed by atoms with E-state index >= 15 is 0 Å². The molecule has 0 N–H and O–H groups in total. The van der Waals surface area contributed by atoms with Gasteiger partial charge in [0.2, 0.25) is 13.6 Å². The van der Waals surface area contributed by atoms with Crippen LogP contribution in [0.3, 0.4) is 0 Å². The van der Waals surface area contributed by atoms with Crippen molar-refractivity contribution < 1.29 is 28.4 Å². The Labute approximate surface area is 268 Å². The fourth-order valence-electron chi connectivity index (χ4n) is 6.55. The number of imidazole rings is 1. The van der Waals surface area contributed by atoms with Crippen molar-refractivity contribution in [3.05, 3.63) is 101 Å². The van der Waals surface area contributed by atoms with Gasteiger partial charge in [-0.05, 0) is 48.4 Å². The van der Waals surface area contributed by atoms with Crippen molar-refractivity contribution in [3.63, 3.8) is 0 Å². The monoisotopic (exact) mass is 619 g/mol.